The molecule has 0 bridgehead atoms. The maximum Gasteiger partial charge on any atom is 0.334 e. The first-order valence-electron chi connectivity index (χ1n) is 6.23. The van der Waals surface area contributed by atoms with Crippen LogP contribution in [0.15, 0.2) is 24.3 Å². The molecule has 0 aliphatic rings. The highest BCUT2D eigenvalue weighted by Crippen LogP contribution is 2.19. The van der Waals surface area contributed by atoms with Crippen molar-refractivity contribution in [1.29, 1.82) is 0 Å². The van der Waals surface area contributed by atoms with Crippen LogP contribution < -0.4 is 0 Å². The van der Waals surface area contributed by atoms with E-state index in [9.17, 15) is 14.8 Å². The summed E-state index contributed by atoms with van der Waals surface area (Å²) < 4.78 is 4.83. The lowest BCUT2D eigenvalue weighted by Gasteiger charge is -2.30. The van der Waals surface area contributed by atoms with Crippen molar-refractivity contribution in [1.82, 2.24) is 5.06 Å². The third-order valence-corrected chi connectivity index (χ3v) is 3.21. The van der Waals surface area contributed by atoms with E-state index in [1.54, 1.807) is 31.2 Å². The van der Waals surface area contributed by atoms with E-state index in [0.717, 1.165) is 0 Å². The Balaban J connectivity index is 2.82. The third-order valence-electron chi connectivity index (χ3n) is 2.84. The Morgan fingerprint density at radius 3 is 2.50 bits per heavy atom. The summed E-state index contributed by atoms with van der Waals surface area (Å²) in [5, 5.41) is 10.8. The molecule has 0 saturated heterocycles. The molecule has 0 aliphatic carbocycles. The molecule has 0 unspecified atom stereocenters. The number of benzene rings is 1. The first kappa shape index (κ1) is 16.5. The van der Waals surface area contributed by atoms with Crippen LogP contribution in [0.4, 0.5) is 0 Å². The molecule has 0 atom stereocenters. The lowest BCUT2D eigenvalue weighted by molar-refractivity contribution is -0.202. The predicted molar refractivity (Wildman–Crippen MR) is 74.5 cm³/mol. The zero-order valence-corrected chi connectivity index (χ0v) is 12.5. The number of esters is 1. The van der Waals surface area contributed by atoms with Crippen LogP contribution in [0.2, 0.25) is 5.02 Å². The number of halogens is 1. The highest BCUT2D eigenvalue weighted by atomic mass is 35.5. The van der Waals surface area contributed by atoms with Gasteiger partial charge in [-0.3, -0.25) is 10.0 Å². The standard InChI is InChI=1S/C14H18ClNO4/c1-4-20-13(18)14(2,3)16(19)12(17)9-10-7-5-6-8-11(10)15/h5-8,19H,4,9H2,1-3H3. The molecule has 6 heteroatoms. The summed E-state index contributed by atoms with van der Waals surface area (Å²) in [7, 11) is 0. The molecule has 1 N–H and O–H groups in total. The normalized spacial score (nSPS) is 11.1. The fourth-order valence-electron chi connectivity index (χ4n) is 1.59. The minimum Gasteiger partial charge on any atom is -0.464 e. The van der Waals surface area contributed by atoms with E-state index >= 15 is 0 Å². The van der Waals surface area contributed by atoms with Gasteiger partial charge in [-0.05, 0) is 32.4 Å². The van der Waals surface area contributed by atoms with Crippen molar-refractivity contribution in [3.63, 3.8) is 0 Å². The molecule has 1 aromatic rings. The molecule has 0 radical (unpaired) electrons. The first-order valence-corrected chi connectivity index (χ1v) is 6.61. The van der Waals surface area contributed by atoms with Crippen LogP contribution in [-0.4, -0.2) is 34.3 Å². The molecule has 0 aromatic heterocycles. The highest BCUT2D eigenvalue weighted by Gasteiger charge is 2.38. The number of carbonyl (C=O) groups is 2. The van der Waals surface area contributed by atoms with Crippen LogP contribution in [0.25, 0.3) is 0 Å². The number of hydrogen-bond donors (Lipinski definition) is 1. The Hall–Kier alpha value is -1.59. The van der Waals surface area contributed by atoms with E-state index in [1.807, 2.05) is 0 Å². The zero-order valence-electron chi connectivity index (χ0n) is 11.7. The van der Waals surface area contributed by atoms with Gasteiger partial charge >= 0.3 is 5.97 Å². The van der Waals surface area contributed by atoms with Crippen LogP contribution in [-0.2, 0) is 20.7 Å². The summed E-state index contributed by atoms with van der Waals surface area (Å²) in [6, 6.07) is 6.83. The van der Waals surface area contributed by atoms with Gasteiger partial charge in [-0.25, -0.2) is 9.86 Å². The van der Waals surface area contributed by atoms with Crippen molar-refractivity contribution >= 4 is 23.5 Å². The Bertz CT molecular complexity index is 502. The third kappa shape index (κ3) is 3.71. The summed E-state index contributed by atoms with van der Waals surface area (Å²) in [5.41, 5.74) is -0.869. The van der Waals surface area contributed by atoms with Gasteiger partial charge in [0, 0.05) is 5.02 Å². The molecule has 0 saturated carbocycles. The number of amides is 1. The van der Waals surface area contributed by atoms with E-state index in [0.29, 0.717) is 15.6 Å². The average molecular weight is 300 g/mol. The van der Waals surface area contributed by atoms with Crippen LogP contribution in [0.5, 0.6) is 0 Å². The quantitative estimate of drug-likeness (QED) is 0.515. The molecule has 0 aliphatic heterocycles. The van der Waals surface area contributed by atoms with Gasteiger partial charge in [0.05, 0.1) is 13.0 Å². The maximum atomic E-state index is 12.0. The number of hydrogen-bond acceptors (Lipinski definition) is 4. The van der Waals surface area contributed by atoms with E-state index in [-0.39, 0.29) is 13.0 Å². The first-order chi connectivity index (χ1) is 9.30. The molecular formula is C14H18ClNO4. The Morgan fingerprint density at radius 1 is 1.35 bits per heavy atom. The van der Waals surface area contributed by atoms with Crippen molar-refractivity contribution in [2.45, 2.75) is 32.7 Å². The van der Waals surface area contributed by atoms with Gasteiger partial charge in [0.2, 0.25) is 0 Å². The fraction of sp³-hybridized carbons (Fsp3) is 0.429. The van der Waals surface area contributed by atoms with Crippen LogP contribution >= 0.6 is 11.6 Å². The number of rotatable bonds is 5. The van der Waals surface area contributed by atoms with Crippen molar-refractivity contribution in [3.05, 3.63) is 34.9 Å². The predicted octanol–water partition coefficient (Wildman–Crippen LogP) is 2.44. The summed E-state index contributed by atoms with van der Waals surface area (Å²) in [5.74, 6) is -1.30. The molecule has 0 heterocycles. The molecule has 1 amide bonds. The van der Waals surface area contributed by atoms with Crippen molar-refractivity contribution in [2.75, 3.05) is 6.61 Å². The topological polar surface area (TPSA) is 66.8 Å². The van der Waals surface area contributed by atoms with E-state index in [2.05, 4.69) is 0 Å². The lowest BCUT2D eigenvalue weighted by Crippen LogP contribution is -2.52. The van der Waals surface area contributed by atoms with Gasteiger partial charge in [-0.2, -0.15) is 0 Å². The molecule has 5 nitrogen and oxygen atoms in total. The van der Waals surface area contributed by atoms with Crippen LogP contribution in [0.3, 0.4) is 0 Å². The number of carbonyl (C=O) groups excluding carboxylic acids is 2. The number of hydroxylamine groups is 2. The second kappa shape index (κ2) is 6.72. The Labute approximate surface area is 123 Å². The molecule has 0 spiro atoms. The fourth-order valence-corrected chi connectivity index (χ4v) is 1.79. The minimum absolute atomic E-state index is 0.0982. The molecule has 1 aromatic carbocycles. The molecule has 20 heavy (non-hydrogen) atoms. The number of nitrogens with zero attached hydrogens (tertiary/aromatic N) is 1. The van der Waals surface area contributed by atoms with Gasteiger partial charge < -0.3 is 4.74 Å². The van der Waals surface area contributed by atoms with Gasteiger partial charge in [-0.1, -0.05) is 29.8 Å². The van der Waals surface area contributed by atoms with Gasteiger partial charge in [-0.15, -0.1) is 0 Å². The van der Waals surface area contributed by atoms with Gasteiger partial charge in [0.15, 0.2) is 5.54 Å². The molecular weight excluding hydrogens is 282 g/mol. The van der Waals surface area contributed by atoms with E-state index in [4.69, 9.17) is 16.3 Å². The summed E-state index contributed by atoms with van der Waals surface area (Å²) in [6.45, 7) is 4.65. The largest absolute Gasteiger partial charge is 0.464 e. The van der Waals surface area contributed by atoms with Crippen molar-refractivity contribution in [2.24, 2.45) is 0 Å². The lowest BCUT2D eigenvalue weighted by atomic mass is 10.0. The smallest absolute Gasteiger partial charge is 0.334 e. The van der Waals surface area contributed by atoms with Gasteiger partial charge in [0.25, 0.3) is 5.91 Å². The molecule has 1 rings (SSSR count). The van der Waals surface area contributed by atoms with E-state index < -0.39 is 17.4 Å². The van der Waals surface area contributed by atoms with Crippen molar-refractivity contribution < 1.29 is 19.5 Å². The van der Waals surface area contributed by atoms with E-state index in [1.165, 1.54) is 13.8 Å². The summed E-state index contributed by atoms with van der Waals surface area (Å²) in [4.78, 5) is 23.8. The van der Waals surface area contributed by atoms with Crippen molar-refractivity contribution in [3.8, 4) is 0 Å². The second-order valence-electron chi connectivity index (χ2n) is 4.75. The maximum absolute atomic E-state index is 12.0. The average Bonchev–Trinajstić information content (AvgIpc) is 2.40. The zero-order chi connectivity index (χ0) is 15.3. The van der Waals surface area contributed by atoms with Crippen LogP contribution in [0.1, 0.15) is 26.3 Å². The Kier molecular flexibility index (Phi) is 5.53. The highest BCUT2D eigenvalue weighted by molar-refractivity contribution is 6.31. The summed E-state index contributed by atoms with van der Waals surface area (Å²) in [6.07, 6.45) is -0.0982. The number of ether oxygens (including phenoxy) is 1. The minimum atomic E-state index is -1.45. The summed E-state index contributed by atoms with van der Waals surface area (Å²) >= 11 is 5.96. The monoisotopic (exact) mass is 299 g/mol. The van der Waals surface area contributed by atoms with Gasteiger partial charge in [0.1, 0.15) is 0 Å². The second-order valence-corrected chi connectivity index (χ2v) is 5.16. The molecule has 110 valence electrons. The Morgan fingerprint density at radius 2 is 1.95 bits per heavy atom. The van der Waals surface area contributed by atoms with Crippen LogP contribution in [0, 0.1) is 0 Å². The molecule has 0 fully saturated rings. The SMILES string of the molecule is CCOC(=O)C(C)(C)N(O)C(=O)Cc1ccccc1Cl.